The van der Waals surface area contributed by atoms with Gasteiger partial charge in [0.15, 0.2) is 9.84 Å². The van der Waals surface area contributed by atoms with E-state index in [4.69, 9.17) is 0 Å². The Labute approximate surface area is 252 Å². The average molecular weight is 617 g/mol. The van der Waals surface area contributed by atoms with Gasteiger partial charge >= 0.3 is 0 Å². The topological polar surface area (TPSA) is 104 Å². The second-order valence-corrected chi connectivity index (χ2v) is 13.3. The van der Waals surface area contributed by atoms with Crippen LogP contribution in [0.25, 0.3) is 22.0 Å². The molecular formula is C33H30F2N4O4S. The lowest BCUT2D eigenvalue weighted by atomic mass is 9.97. The fourth-order valence-electron chi connectivity index (χ4n) is 5.98. The number of H-pyrrole nitrogens is 1. The van der Waals surface area contributed by atoms with Crippen molar-refractivity contribution in [1.82, 2.24) is 14.9 Å². The minimum Gasteiger partial charge on any atom is -0.356 e. The number of fused-ring (bicyclic) bond motifs is 2. The Morgan fingerprint density at radius 1 is 0.977 bits per heavy atom. The van der Waals surface area contributed by atoms with Gasteiger partial charge in [-0.3, -0.25) is 9.59 Å². The van der Waals surface area contributed by atoms with Crippen molar-refractivity contribution < 1.29 is 22.0 Å². The van der Waals surface area contributed by atoms with Crippen LogP contribution >= 0.6 is 0 Å². The van der Waals surface area contributed by atoms with Gasteiger partial charge in [0.05, 0.1) is 17.5 Å². The Morgan fingerprint density at radius 3 is 2.45 bits per heavy atom. The summed E-state index contributed by atoms with van der Waals surface area (Å²) in [6.45, 7) is 0.347. The first kappa shape index (κ1) is 29.3. The molecule has 8 nitrogen and oxygen atoms in total. The highest BCUT2D eigenvalue weighted by molar-refractivity contribution is 7.89. The summed E-state index contributed by atoms with van der Waals surface area (Å²) in [5, 5.41) is 3.53. The van der Waals surface area contributed by atoms with E-state index < -0.39 is 27.5 Å². The van der Waals surface area contributed by atoms with Crippen LogP contribution in [0, 0.1) is 11.6 Å². The highest BCUT2D eigenvalue weighted by atomic mass is 32.2. The largest absolute Gasteiger partial charge is 0.356 e. The maximum Gasteiger partial charge on any atom is 0.274 e. The van der Waals surface area contributed by atoms with Crippen LogP contribution < -0.4 is 15.8 Å². The zero-order valence-corrected chi connectivity index (χ0v) is 24.9. The molecule has 0 fully saturated rings. The second-order valence-electron chi connectivity index (χ2n) is 11.2. The van der Waals surface area contributed by atoms with Gasteiger partial charge in [0.25, 0.3) is 5.56 Å². The number of amides is 1. The molecule has 11 heteroatoms. The van der Waals surface area contributed by atoms with Crippen molar-refractivity contribution in [2.24, 2.45) is 7.05 Å². The Hall–Kier alpha value is -4.77. The molecule has 1 aliphatic rings. The zero-order chi connectivity index (χ0) is 31.2. The first-order valence-electron chi connectivity index (χ1n) is 14.1. The van der Waals surface area contributed by atoms with Crippen molar-refractivity contribution in [3.05, 3.63) is 118 Å². The molecule has 3 heterocycles. The number of nitrogens with one attached hydrogen (secondary N) is 2. The number of aryl methyl sites for hydroxylation is 1. The lowest BCUT2D eigenvalue weighted by molar-refractivity contribution is -0.121. The summed E-state index contributed by atoms with van der Waals surface area (Å²) in [6, 6.07) is 17.3. The summed E-state index contributed by atoms with van der Waals surface area (Å²) in [5.41, 5.74) is 4.01. The predicted octanol–water partition coefficient (Wildman–Crippen LogP) is 5.65. The zero-order valence-electron chi connectivity index (χ0n) is 24.1. The highest BCUT2D eigenvalue weighted by Gasteiger charge is 2.34. The smallest absolute Gasteiger partial charge is 0.274 e. The molecule has 0 saturated carbocycles. The monoisotopic (exact) mass is 616 g/mol. The van der Waals surface area contributed by atoms with E-state index in [0.29, 0.717) is 45.4 Å². The maximum atomic E-state index is 15.6. The molecule has 0 saturated heterocycles. The standard InChI is InChI=1S/C33H30F2N4O4S/c1-38-18-25-23-14-21(19-44(2,42)43)8-10-27(23)39(29-11-9-22(34)15-26(29)35)28(24-17-37-32(31(24)25)33(38)41)12-13-30(40)36-16-20-6-4-3-5-7-20/h3-11,14-15,17-18,28,37H,12-13,16,19H2,1-2H3,(H,36,40). The molecule has 1 amide bonds. The molecule has 6 rings (SSSR count). The van der Waals surface area contributed by atoms with E-state index in [1.54, 1.807) is 42.5 Å². The maximum absolute atomic E-state index is 15.6. The van der Waals surface area contributed by atoms with Crippen LogP contribution in [0.3, 0.4) is 0 Å². The second kappa shape index (κ2) is 11.4. The first-order valence-corrected chi connectivity index (χ1v) is 16.1. The van der Waals surface area contributed by atoms with Crippen LogP contribution in [0.15, 0.2) is 83.9 Å². The summed E-state index contributed by atoms with van der Waals surface area (Å²) in [7, 11) is -1.76. The molecule has 5 aromatic rings. The molecule has 3 aromatic carbocycles. The summed E-state index contributed by atoms with van der Waals surface area (Å²) in [6.07, 6.45) is 4.82. The van der Waals surface area contributed by atoms with Crippen molar-refractivity contribution >= 4 is 38.0 Å². The molecule has 0 aliphatic carbocycles. The fraction of sp³-hybridized carbons (Fsp3) is 0.212. The van der Waals surface area contributed by atoms with Crippen molar-refractivity contribution in [2.75, 3.05) is 11.2 Å². The minimum absolute atomic E-state index is 0.0746. The number of anilines is 2. The number of sulfone groups is 1. The van der Waals surface area contributed by atoms with Crippen molar-refractivity contribution in [3.63, 3.8) is 0 Å². The third-order valence-corrected chi connectivity index (χ3v) is 8.75. The number of hydrogen-bond donors (Lipinski definition) is 2. The normalized spacial score (nSPS) is 14.4. The van der Waals surface area contributed by atoms with E-state index in [1.807, 2.05) is 30.3 Å². The van der Waals surface area contributed by atoms with Gasteiger partial charge in [-0.2, -0.15) is 0 Å². The lowest BCUT2D eigenvalue weighted by Crippen LogP contribution is -2.28. The number of benzene rings is 3. The Morgan fingerprint density at radius 2 is 1.73 bits per heavy atom. The number of nitrogens with zero attached hydrogens (tertiary/aromatic N) is 2. The van der Waals surface area contributed by atoms with Crippen LogP contribution in [0.1, 0.15) is 35.6 Å². The number of aromatic nitrogens is 2. The van der Waals surface area contributed by atoms with Crippen LogP contribution in [0.4, 0.5) is 20.2 Å². The van der Waals surface area contributed by atoms with Crippen molar-refractivity contribution in [2.45, 2.75) is 31.2 Å². The van der Waals surface area contributed by atoms with E-state index >= 15 is 4.39 Å². The summed E-state index contributed by atoms with van der Waals surface area (Å²) < 4.78 is 55.6. The van der Waals surface area contributed by atoms with Crippen LogP contribution in [0.2, 0.25) is 0 Å². The Balaban J connectivity index is 1.52. The van der Waals surface area contributed by atoms with Gasteiger partial charge < -0.3 is 19.8 Å². The number of pyridine rings is 1. The molecule has 0 radical (unpaired) electrons. The molecule has 2 aromatic heterocycles. The molecule has 1 unspecified atom stereocenters. The molecule has 2 N–H and O–H groups in total. The molecule has 1 aliphatic heterocycles. The van der Waals surface area contributed by atoms with E-state index in [2.05, 4.69) is 10.3 Å². The number of rotatable bonds is 8. The lowest BCUT2D eigenvalue weighted by Gasteiger charge is -2.34. The SMILES string of the molecule is Cn1cc2c3c(c[nH]c3c1=O)C(CCC(=O)NCc1ccccc1)N(c1ccc(F)cc1F)c1ccc(CS(C)(=O)=O)cc1-2. The van der Waals surface area contributed by atoms with Gasteiger partial charge in [-0.15, -0.1) is 0 Å². The van der Waals surface area contributed by atoms with Crippen LogP contribution in [-0.2, 0) is 34.0 Å². The molecule has 44 heavy (non-hydrogen) atoms. The molecule has 1 atom stereocenters. The van der Waals surface area contributed by atoms with Crippen molar-refractivity contribution in [1.29, 1.82) is 0 Å². The number of carbonyl (C=O) groups is 1. The Bertz CT molecular complexity index is 2070. The van der Waals surface area contributed by atoms with Gasteiger partial charge in [-0.25, -0.2) is 17.2 Å². The predicted molar refractivity (Wildman–Crippen MR) is 166 cm³/mol. The minimum atomic E-state index is -3.38. The molecular weight excluding hydrogens is 586 g/mol. The molecule has 226 valence electrons. The van der Waals surface area contributed by atoms with Gasteiger partial charge in [0, 0.05) is 72.5 Å². The fourth-order valence-corrected chi connectivity index (χ4v) is 6.76. The van der Waals surface area contributed by atoms with Gasteiger partial charge in [0.1, 0.15) is 17.2 Å². The first-order chi connectivity index (χ1) is 21.0. The third kappa shape index (κ3) is 5.62. The van der Waals surface area contributed by atoms with E-state index in [1.165, 1.54) is 16.7 Å². The molecule has 0 bridgehead atoms. The van der Waals surface area contributed by atoms with E-state index in [0.717, 1.165) is 17.9 Å². The van der Waals surface area contributed by atoms with Gasteiger partial charge in [0.2, 0.25) is 5.91 Å². The summed E-state index contributed by atoms with van der Waals surface area (Å²) in [4.78, 5) is 31.1. The number of carbonyl (C=O) groups excluding carboxylic acids is 1. The van der Waals surface area contributed by atoms with E-state index in [9.17, 15) is 22.4 Å². The Kier molecular flexibility index (Phi) is 7.58. The van der Waals surface area contributed by atoms with Crippen LogP contribution in [-0.4, -0.2) is 30.1 Å². The van der Waals surface area contributed by atoms with E-state index in [-0.39, 0.29) is 35.7 Å². The summed E-state index contributed by atoms with van der Waals surface area (Å²) in [5.74, 6) is -1.97. The summed E-state index contributed by atoms with van der Waals surface area (Å²) >= 11 is 0. The van der Waals surface area contributed by atoms with Crippen LogP contribution in [0.5, 0.6) is 0 Å². The number of hydrogen-bond acceptors (Lipinski definition) is 5. The van der Waals surface area contributed by atoms with Gasteiger partial charge in [-0.1, -0.05) is 36.4 Å². The average Bonchev–Trinajstić information content (AvgIpc) is 3.38. The quantitative estimate of drug-likeness (QED) is 0.235. The van der Waals surface area contributed by atoms with Crippen molar-refractivity contribution in [3.8, 4) is 11.1 Å². The molecule has 0 spiro atoms. The third-order valence-electron chi connectivity index (χ3n) is 7.89. The number of halogens is 2. The van der Waals surface area contributed by atoms with Gasteiger partial charge in [-0.05, 0) is 41.8 Å². The highest BCUT2D eigenvalue weighted by Crippen LogP contribution is 2.50. The number of aromatic amines is 1.